The van der Waals surface area contributed by atoms with E-state index in [1.54, 1.807) is 0 Å². The van der Waals surface area contributed by atoms with E-state index in [-0.39, 0.29) is 11.5 Å². The van der Waals surface area contributed by atoms with Gasteiger partial charge in [-0.2, -0.15) is 0 Å². The first-order chi connectivity index (χ1) is 5.54. The van der Waals surface area contributed by atoms with Gasteiger partial charge in [-0.05, 0) is 22.6 Å². The standard InChI is InChI=1S/C6H5ClN2O3/c1-8-4(6(7)10)2-3-5(8)9(11)12/h2-3H,1H3. The monoisotopic (exact) mass is 188 g/mol. The number of carbonyl (C=O) groups excluding carboxylic acids is 1. The molecule has 12 heavy (non-hydrogen) atoms. The summed E-state index contributed by atoms with van der Waals surface area (Å²) < 4.78 is 1.13. The van der Waals surface area contributed by atoms with Crippen LogP contribution in [0.5, 0.6) is 0 Å². The molecule has 1 heterocycles. The number of rotatable bonds is 2. The average molecular weight is 189 g/mol. The van der Waals surface area contributed by atoms with Crippen molar-refractivity contribution in [2.24, 2.45) is 7.05 Å². The second-order valence-electron chi connectivity index (χ2n) is 2.17. The van der Waals surface area contributed by atoms with Crippen molar-refractivity contribution in [1.29, 1.82) is 0 Å². The molecule has 6 heteroatoms. The maximum absolute atomic E-state index is 10.6. The minimum atomic E-state index is -0.703. The molecular formula is C6H5ClN2O3. The van der Waals surface area contributed by atoms with Crippen LogP contribution in [0.25, 0.3) is 0 Å². The number of hydrogen-bond donors (Lipinski definition) is 0. The fraction of sp³-hybridized carbons (Fsp3) is 0.167. The molecule has 0 aliphatic heterocycles. The van der Waals surface area contributed by atoms with E-state index >= 15 is 0 Å². The van der Waals surface area contributed by atoms with Gasteiger partial charge in [-0.15, -0.1) is 0 Å². The Morgan fingerprint density at radius 1 is 1.67 bits per heavy atom. The summed E-state index contributed by atoms with van der Waals surface area (Å²) in [5, 5.41) is 9.58. The van der Waals surface area contributed by atoms with Crippen LogP contribution in [-0.2, 0) is 7.05 Å². The van der Waals surface area contributed by atoms with Gasteiger partial charge in [-0.3, -0.25) is 4.79 Å². The van der Waals surface area contributed by atoms with Gasteiger partial charge >= 0.3 is 5.82 Å². The number of halogens is 1. The Morgan fingerprint density at radius 3 is 2.50 bits per heavy atom. The van der Waals surface area contributed by atoms with Crippen LogP contribution in [0.2, 0.25) is 0 Å². The van der Waals surface area contributed by atoms with Gasteiger partial charge in [0.25, 0.3) is 5.24 Å². The maximum atomic E-state index is 10.6. The lowest BCUT2D eigenvalue weighted by Crippen LogP contribution is -2.03. The molecule has 0 fully saturated rings. The van der Waals surface area contributed by atoms with Crippen molar-refractivity contribution in [2.75, 3.05) is 0 Å². The van der Waals surface area contributed by atoms with Crippen LogP contribution in [0.4, 0.5) is 5.82 Å². The van der Waals surface area contributed by atoms with Gasteiger partial charge in [0, 0.05) is 6.07 Å². The second kappa shape index (κ2) is 2.94. The molecule has 1 aromatic heterocycles. The van der Waals surface area contributed by atoms with Gasteiger partial charge in [0.2, 0.25) is 0 Å². The fourth-order valence-corrected chi connectivity index (χ4v) is 1.07. The summed E-state index contributed by atoms with van der Waals surface area (Å²) in [4.78, 5) is 20.3. The first-order valence-electron chi connectivity index (χ1n) is 3.04. The van der Waals surface area contributed by atoms with Crippen LogP contribution in [-0.4, -0.2) is 14.7 Å². The quantitative estimate of drug-likeness (QED) is 0.399. The summed E-state index contributed by atoms with van der Waals surface area (Å²) in [5.74, 6) is -0.154. The summed E-state index contributed by atoms with van der Waals surface area (Å²) in [7, 11) is 1.41. The average Bonchev–Trinajstić information content (AvgIpc) is 2.30. The highest BCUT2D eigenvalue weighted by molar-refractivity contribution is 6.67. The van der Waals surface area contributed by atoms with E-state index in [0.29, 0.717) is 0 Å². The van der Waals surface area contributed by atoms with Crippen molar-refractivity contribution in [3.8, 4) is 0 Å². The van der Waals surface area contributed by atoms with E-state index in [1.165, 1.54) is 19.2 Å². The van der Waals surface area contributed by atoms with Crippen molar-refractivity contribution in [3.63, 3.8) is 0 Å². The van der Waals surface area contributed by atoms with E-state index in [0.717, 1.165) is 4.57 Å². The minimum Gasteiger partial charge on any atom is -0.358 e. The third-order valence-corrected chi connectivity index (χ3v) is 1.68. The van der Waals surface area contributed by atoms with Crippen LogP contribution in [0, 0.1) is 10.1 Å². The Balaban J connectivity index is 3.22. The van der Waals surface area contributed by atoms with Gasteiger partial charge in [-0.25, -0.2) is 4.57 Å². The van der Waals surface area contributed by atoms with Crippen LogP contribution in [0.3, 0.4) is 0 Å². The van der Waals surface area contributed by atoms with Gasteiger partial charge < -0.3 is 10.1 Å². The maximum Gasteiger partial charge on any atom is 0.323 e. The van der Waals surface area contributed by atoms with E-state index in [4.69, 9.17) is 11.6 Å². The zero-order valence-corrected chi connectivity index (χ0v) is 6.91. The summed E-state index contributed by atoms with van der Waals surface area (Å²) in [6, 6.07) is 2.54. The van der Waals surface area contributed by atoms with E-state index in [2.05, 4.69) is 0 Å². The summed E-state index contributed by atoms with van der Waals surface area (Å²) >= 11 is 5.14. The zero-order valence-electron chi connectivity index (χ0n) is 6.15. The molecule has 0 unspecified atom stereocenters. The third-order valence-electron chi connectivity index (χ3n) is 1.48. The van der Waals surface area contributed by atoms with Crippen LogP contribution in [0.1, 0.15) is 10.5 Å². The number of nitrogens with zero attached hydrogens (tertiary/aromatic N) is 2. The molecule has 0 saturated heterocycles. The Hall–Kier alpha value is -1.36. The van der Waals surface area contributed by atoms with Gasteiger partial charge in [0.05, 0.1) is 7.05 Å². The number of aromatic nitrogens is 1. The predicted molar refractivity (Wildman–Crippen MR) is 42.3 cm³/mol. The van der Waals surface area contributed by atoms with Gasteiger partial charge in [0.1, 0.15) is 0 Å². The lowest BCUT2D eigenvalue weighted by molar-refractivity contribution is -0.391. The van der Waals surface area contributed by atoms with Crippen LogP contribution in [0.15, 0.2) is 12.1 Å². The predicted octanol–water partition coefficient (Wildman–Crippen LogP) is 1.31. The third kappa shape index (κ3) is 1.31. The van der Waals surface area contributed by atoms with Gasteiger partial charge in [0.15, 0.2) is 5.69 Å². The van der Waals surface area contributed by atoms with Crippen molar-refractivity contribution in [1.82, 2.24) is 4.57 Å². The molecule has 0 amide bonds. The lowest BCUT2D eigenvalue weighted by Gasteiger charge is -1.94. The van der Waals surface area contributed by atoms with E-state index in [1.807, 2.05) is 0 Å². The van der Waals surface area contributed by atoms with Crippen molar-refractivity contribution >= 4 is 22.7 Å². The molecular weight excluding hydrogens is 184 g/mol. The molecule has 0 aliphatic carbocycles. The lowest BCUT2D eigenvalue weighted by atomic mass is 10.5. The molecule has 0 aliphatic rings. The van der Waals surface area contributed by atoms with E-state index in [9.17, 15) is 14.9 Å². The summed E-state index contributed by atoms with van der Waals surface area (Å²) in [5.41, 5.74) is 0.114. The SMILES string of the molecule is Cn1c(C(=O)Cl)ccc1[N+](=O)[O-]. The summed E-state index contributed by atoms with van der Waals surface area (Å²) in [6.45, 7) is 0. The molecule has 0 saturated carbocycles. The molecule has 0 radical (unpaired) electrons. The second-order valence-corrected chi connectivity index (χ2v) is 2.51. The highest BCUT2D eigenvalue weighted by atomic mass is 35.5. The fourth-order valence-electron chi connectivity index (χ4n) is 0.881. The van der Waals surface area contributed by atoms with Crippen LogP contribution >= 0.6 is 11.6 Å². The van der Waals surface area contributed by atoms with Crippen molar-refractivity contribution in [3.05, 3.63) is 27.9 Å². The number of nitro groups is 1. The Kier molecular flexibility index (Phi) is 2.14. The largest absolute Gasteiger partial charge is 0.358 e. The van der Waals surface area contributed by atoms with E-state index < -0.39 is 10.2 Å². The molecule has 0 aromatic carbocycles. The molecule has 64 valence electrons. The van der Waals surface area contributed by atoms with Crippen molar-refractivity contribution < 1.29 is 9.72 Å². The molecule has 0 spiro atoms. The molecule has 1 rings (SSSR count). The molecule has 0 N–H and O–H groups in total. The Labute approximate surface area is 72.7 Å². The first kappa shape index (κ1) is 8.73. The number of carbonyl (C=O) groups is 1. The Bertz CT molecular complexity index is 313. The highest BCUT2D eigenvalue weighted by Crippen LogP contribution is 2.16. The smallest absolute Gasteiger partial charge is 0.323 e. The topological polar surface area (TPSA) is 65.1 Å². The minimum absolute atomic E-state index is 0.114. The Morgan fingerprint density at radius 2 is 2.25 bits per heavy atom. The van der Waals surface area contributed by atoms with Gasteiger partial charge in [-0.1, -0.05) is 0 Å². The zero-order chi connectivity index (χ0) is 9.30. The molecule has 1 aromatic rings. The first-order valence-corrected chi connectivity index (χ1v) is 3.41. The number of hydrogen-bond acceptors (Lipinski definition) is 3. The van der Waals surface area contributed by atoms with Crippen LogP contribution < -0.4 is 0 Å². The highest BCUT2D eigenvalue weighted by Gasteiger charge is 2.18. The molecule has 0 bridgehead atoms. The normalized spacial score (nSPS) is 9.83. The molecule has 0 atom stereocenters. The van der Waals surface area contributed by atoms with Crippen molar-refractivity contribution in [2.45, 2.75) is 0 Å². The molecule has 5 nitrogen and oxygen atoms in total. The summed E-state index contributed by atoms with van der Waals surface area (Å²) in [6.07, 6.45) is 0.